The Kier molecular flexibility index (Phi) is 5.80. The third kappa shape index (κ3) is 4.31. The molecule has 116 valence electrons. The third-order valence-electron chi connectivity index (χ3n) is 4.07. The summed E-state index contributed by atoms with van der Waals surface area (Å²) in [4.78, 5) is 0. The van der Waals surface area contributed by atoms with Gasteiger partial charge in [-0.25, -0.2) is 0 Å². The molecule has 1 N–H and O–H groups in total. The molecule has 21 heavy (non-hydrogen) atoms. The third-order valence-corrected chi connectivity index (χ3v) is 4.07. The van der Waals surface area contributed by atoms with Crippen molar-refractivity contribution >= 4 is 10.9 Å². The van der Waals surface area contributed by atoms with Gasteiger partial charge in [0.2, 0.25) is 0 Å². The minimum Gasteiger partial charge on any atom is -0.309 e. The van der Waals surface area contributed by atoms with Crippen LogP contribution in [0, 0.1) is 5.92 Å². The number of nitrogens with one attached hydrogen (secondary N) is 1. The van der Waals surface area contributed by atoms with Gasteiger partial charge in [-0.3, -0.25) is 4.68 Å². The second-order valence-corrected chi connectivity index (χ2v) is 6.39. The van der Waals surface area contributed by atoms with Crippen LogP contribution in [0.1, 0.15) is 52.7 Å². The van der Waals surface area contributed by atoms with Crippen molar-refractivity contribution in [2.24, 2.45) is 5.92 Å². The predicted molar refractivity (Wildman–Crippen MR) is 90.4 cm³/mol. The van der Waals surface area contributed by atoms with E-state index in [1.165, 1.54) is 35.9 Å². The summed E-state index contributed by atoms with van der Waals surface area (Å²) in [6.45, 7) is 10.8. The van der Waals surface area contributed by atoms with Crippen molar-refractivity contribution in [3.63, 3.8) is 0 Å². The average molecular weight is 287 g/mol. The number of rotatable bonds is 8. The first-order valence-electron chi connectivity index (χ1n) is 8.29. The first-order chi connectivity index (χ1) is 10.1. The van der Waals surface area contributed by atoms with Gasteiger partial charge in [0, 0.05) is 24.5 Å². The maximum atomic E-state index is 4.74. The van der Waals surface area contributed by atoms with E-state index < -0.39 is 0 Å². The van der Waals surface area contributed by atoms with Crippen molar-refractivity contribution in [2.45, 2.75) is 66.1 Å². The van der Waals surface area contributed by atoms with Gasteiger partial charge in [-0.05, 0) is 32.3 Å². The van der Waals surface area contributed by atoms with Crippen molar-refractivity contribution in [2.75, 3.05) is 0 Å². The Morgan fingerprint density at radius 3 is 2.62 bits per heavy atom. The monoisotopic (exact) mass is 287 g/mol. The highest BCUT2D eigenvalue weighted by atomic mass is 15.3. The predicted octanol–water partition coefficient (Wildman–Crippen LogP) is 4.36. The van der Waals surface area contributed by atoms with Crippen molar-refractivity contribution in [1.82, 2.24) is 15.1 Å². The van der Waals surface area contributed by atoms with Crippen LogP contribution in [0.25, 0.3) is 10.9 Å². The molecule has 0 spiro atoms. The van der Waals surface area contributed by atoms with Crippen molar-refractivity contribution < 1.29 is 0 Å². The number of hydrogen-bond donors (Lipinski definition) is 1. The molecule has 0 amide bonds. The highest BCUT2D eigenvalue weighted by Gasteiger charge is 2.10. The number of aryl methyl sites for hydroxylation is 1. The molecule has 0 bridgehead atoms. The van der Waals surface area contributed by atoms with E-state index in [9.17, 15) is 0 Å². The summed E-state index contributed by atoms with van der Waals surface area (Å²) in [6, 6.07) is 9.06. The zero-order valence-electron chi connectivity index (χ0n) is 13.9. The van der Waals surface area contributed by atoms with Crippen LogP contribution in [0.3, 0.4) is 0 Å². The van der Waals surface area contributed by atoms with Crippen LogP contribution in [-0.4, -0.2) is 15.8 Å². The Bertz CT molecular complexity index is 557. The largest absolute Gasteiger partial charge is 0.309 e. The molecule has 0 saturated heterocycles. The summed E-state index contributed by atoms with van der Waals surface area (Å²) in [5.74, 6) is 0.807. The van der Waals surface area contributed by atoms with E-state index in [2.05, 4.69) is 62.0 Å². The van der Waals surface area contributed by atoms with Gasteiger partial charge in [0.15, 0.2) is 0 Å². The Labute approximate surface area is 128 Å². The maximum Gasteiger partial charge on any atom is 0.0841 e. The highest BCUT2D eigenvalue weighted by molar-refractivity contribution is 5.81. The molecule has 1 heterocycles. The lowest BCUT2D eigenvalue weighted by Gasteiger charge is -2.13. The van der Waals surface area contributed by atoms with Crippen molar-refractivity contribution in [3.8, 4) is 0 Å². The fourth-order valence-electron chi connectivity index (χ4n) is 2.77. The molecule has 3 nitrogen and oxygen atoms in total. The van der Waals surface area contributed by atoms with E-state index in [-0.39, 0.29) is 0 Å². The minimum atomic E-state index is 0.550. The summed E-state index contributed by atoms with van der Waals surface area (Å²) in [5, 5.41) is 9.65. The van der Waals surface area contributed by atoms with Crippen LogP contribution in [0.2, 0.25) is 0 Å². The lowest BCUT2D eigenvalue weighted by Crippen LogP contribution is -2.25. The quantitative estimate of drug-likeness (QED) is 0.781. The molecule has 0 radical (unpaired) electrons. The lowest BCUT2D eigenvalue weighted by molar-refractivity contribution is 0.454. The Morgan fingerprint density at radius 2 is 1.90 bits per heavy atom. The van der Waals surface area contributed by atoms with Crippen LogP contribution >= 0.6 is 0 Å². The number of para-hydroxylation sites is 1. The van der Waals surface area contributed by atoms with E-state index in [4.69, 9.17) is 5.10 Å². The van der Waals surface area contributed by atoms with Crippen LogP contribution in [0.5, 0.6) is 0 Å². The Morgan fingerprint density at radius 1 is 1.14 bits per heavy atom. The minimum absolute atomic E-state index is 0.550. The number of benzene rings is 1. The Balaban J connectivity index is 1.94. The average Bonchev–Trinajstić information content (AvgIpc) is 2.83. The summed E-state index contributed by atoms with van der Waals surface area (Å²) >= 11 is 0. The Hall–Kier alpha value is -1.35. The summed E-state index contributed by atoms with van der Waals surface area (Å²) in [6.07, 6.45) is 3.86. The normalized spacial score (nSPS) is 13.2. The van der Waals surface area contributed by atoms with Crippen LogP contribution < -0.4 is 5.32 Å². The molecule has 1 atom stereocenters. The summed E-state index contributed by atoms with van der Waals surface area (Å²) in [7, 11) is 0. The van der Waals surface area contributed by atoms with Gasteiger partial charge < -0.3 is 5.32 Å². The second kappa shape index (κ2) is 7.60. The fraction of sp³-hybridized carbons (Fsp3) is 0.611. The number of aromatic nitrogens is 2. The molecular weight excluding hydrogens is 258 g/mol. The standard InChI is InChI=1S/C18H29N3/c1-5-21-18-12-7-6-11-16(18)17(20-21)13-19-15(4)10-8-9-14(2)3/h6-7,11-12,14-15,19H,5,8-10,13H2,1-4H3. The molecule has 1 aromatic carbocycles. The summed E-state index contributed by atoms with van der Waals surface area (Å²) < 4.78 is 2.09. The molecule has 3 heteroatoms. The molecule has 2 aromatic rings. The fourth-order valence-corrected chi connectivity index (χ4v) is 2.77. The molecule has 2 rings (SSSR count). The smallest absolute Gasteiger partial charge is 0.0841 e. The highest BCUT2D eigenvalue weighted by Crippen LogP contribution is 2.18. The first-order valence-corrected chi connectivity index (χ1v) is 8.29. The molecule has 1 unspecified atom stereocenters. The number of hydrogen-bond acceptors (Lipinski definition) is 2. The summed E-state index contributed by atoms with van der Waals surface area (Å²) in [5.41, 5.74) is 2.41. The van der Waals surface area contributed by atoms with Crippen LogP contribution in [0.4, 0.5) is 0 Å². The molecule has 0 aliphatic carbocycles. The van der Waals surface area contributed by atoms with E-state index in [0.29, 0.717) is 6.04 Å². The van der Waals surface area contributed by atoms with Crippen molar-refractivity contribution in [1.29, 1.82) is 0 Å². The molecule has 0 fully saturated rings. The molecule has 0 aliphatic rings. The second-order valence-electron chi connectivity index (χ2n) is 6.39. The topological polar surface area (TPSA) is 29.9 Å². The van der Waals surface area contributed by atoms with Crippen LogP contribution in [-0.2, 0) is 13.1 Å². The van der Waals surface area contributed by atoms with Crippen molar-refractivity contribution in [3.05, 3.63) is 30.0 Å². The van der Waals surface area contributed by atoms with Gasteiger partial charge in [-0.1, -0.05) is 44.9 Å². The van der Waals surface area contributed by atoms with Gasteiger partial charge in [-0.15, -0.1) is 0 Å². The van der Waals surface area contributed by atoms with E-state index >= 15 is 0 Å². The maximum absolute atomic E-state index is 4.74. The van der Waals surface area contributed by atoms with Gasteiger partial charge in [0.25, 0.3) is 0 Å². The van der Waals surface area contributed by atoms with Gasteiger partial charge >= 0.3 is 0 Å². The zero-order valence-corrected chi connectivity index (χ0v) is 13.9. The first kappa shape index (κ1) is 16.0. The van der Waals surface area contributed by atoms with E-state index in [1.807, 2.05) is 0 Å². The number of fused-ring (bicyclic) bond motifs is 1. The van der Waals surface area contributed by atoms with Gasteiger partial charge in [0.05, 0.1) is 11.2 Å². The molecule has 0 aliphatic heterocycles. The number of nitrogens with zero attached hydrogens (tertiary/aromatic N) is 2. The molecule has 1 aromatic heterocycles. The van der Waals surface area contributed by atoms with E-state index in [1.54, 1.807) is 0 Å². The SMILES string of the molecule is CCn1nc(CNC(C)CCCC(C)C)c2ccccc21. The van der Waals surface area contributed by atoms with Crippen LogP contribution in [0.15, 0.2) is 24.3 Å². The van der Waals surface area contributed by atoms with Gasteiger partial charge in [0.1, 0.15) is 0 Å². The lowest BCUT2D eigenvalue weighted by atomic mass is 10.0. The van der Waals surface area contributed by atoms with E-state index in [0.717, 1.165) is 19.0 Å². The van der Waals surface area contributed by atoms with Gasteiger partial charge in [-0.2, -0.15) is 5.10 Å². The zero-order chi connectivity index (χ0) is 15.2. The molecule has 0 saturated carbocycles. The molecular formula is C18H29N3.